The highest BCUT2D eigenvalue weighted by Gasteiger charge is 2.27. The van der Waals surface area contributed by atoms with E-state index in [1.54, 1.807) is 38.4 Å². The Morgan fingerprint density at radius 2 is 1.89 bits per heavy atom. The molecule has 2 N–H and O–H groups in total. The number of ether oxygens (including phenoxy) is 2. The minimum atomic E-state index is -0.135. The van der Waals surface area contributed by atoms with Crippen molar-refractivity contribution in [2.45, 2.75) is 64.3 Å². The third kappa shape index (κ3) is 6.95. The summed E-state index contributed by atoms with van der Waals surface area (Å²) in [4.78, 5) is 33.5. The third-order valence-corrected chi connectivity index (χ3v) is 7.47. The molecule has 1 saturated carbocycles. The van der Waals surface area contributed by atoms with Gasteiger partial charge in [-0.2, -0.15) is 0 Å². The Kier molecular flexibility index (Phi) is 9.15. The zero-order valence-corrected chi connectivity index (χ0v) is 21.8. The lowest BCUT2D eigenvalue weighted by Gasteiger charge is -2.31. The van der Waals surface area contributed by atoms with E-state index in [0.717, 1.165) is 37.8 Å². The van der Waals surface area contributed by atoms with Crippen LogP contribution in [0.15, 0.2) is 24.4 Å². The van der Waals surface area contributed by atoms with E-state index in [0.29, 0.717) is 59.4 Å². The van der Waals surface area contributed by atoms with Crippen LogP contribution in [0.5, 0.6) is 5.75 Å². The van der Waals surface area contributed by atoms with Crippen LogP contribution in [0.1, 0.15) is 67.9 Å². The first kappa shape index (κ1) is 26.4. The summed E-state index contributed by atoms with van der Waals surface area (Å²) in [7, 11) is 1.56. The van der Waals surface area contributed by atoms with Gasteiger partial charge >= 0.3 is 0 Å². The molecule has 2 heterocycles. The number of anilines is 2. The second-order valence-electron chi connectivity index (χ2n) is 9.80. The lowest BCUT2D eigenvalue weighted by Crippen LogP contribution is -2.38. The topological polar surface area (TPSA) is 102 Å². The lowest BCUT2D eigenvalue weighted by atomic mass is 9.75. The fourth-order valence-corrected chi connectivity index (χ4v) is 5.38. The fraction of sp³-hybridized carbons (Fsp3) is 0.556. The maximum absolute atomic E-state index is 12.7. The highest BCUT2D eigenvalue weighted by atomic mass is 35.5. The van der Waals surface area contributed by atoms with Crippen molar-refractivity contribution in [2.24, 2.45) is 11.8 Å². The molecular formula is C27H35ClN4O4. The summed E-state index contributed by atoms with van der Waals surface area (Å²) in [5, 5.41) is 6.81. The predicted octanol–water partition coefficient (Wildman–Crippen LogP) is 5.12. The highest BCUT2D eigenvalue weighted by molar-refractivity contribution is 6.31. The molecule has 2 fully saturated rings. The van der Waals surface area contributed by atoms with Gasteiger partial charge in [0.05, 0.1) is 29.7 Å². The van der Waals surface area contributed by atoms with Gasteiger partial charge in [-0.25, -0.2) is 9.97 Å². The monoisotopic (exact) mass is 514 g/mol. The first-order valence-corrected chi connectivity index (χ1v) is 13.1. The predicted molar refractivity (Wildman–Crippen MR) is 139 cm³/mol. The molecule has 0 spiro atoms. The molecule has 9 heteroatoms. The summed E-state index contributed by atoms with van der Waals surface area (Å²) in [6.45, 7) is 3.00. The summed E-state index contributed by atoms with van der Waals surface area (Å²) >= 11 is 6.47. The van der Waals surface area contributed by atoms with E-state index >= 15 is 0 Å². The van der Waals surface area contributed by atoms with Gasteiger partial charge in [0.25, 0.3) is 5.91 Å². The quantitative estimate of drug-likeness (QED) is 0.478. The van der Waals surface area contributed by atoms with Crippen molar-refractivity contribution in [2.75, 3.05) is 25.6 Å². The van der Waals surface area contributed by atoms with Crippen LogP contribution in [0.2, 0.25) is 5.02 Å². The number of nitrogens with one attached hydrogen (secondary N) is 2. The van der Waals surface area contributed by atoms with Crippen LogP contribution in [-0.2, 0) is 16.0 Å². The van der Waals surface area contributed by atoms with Crippen LogP contribution >= 0.6 is 11.6 Å². The number of methoxy groups -OCH3 is 1. The average molecular weight is 515 g/mol. The van der Waals surface area contributed by atoms with Gasteiger partial charge in [0.1, 0.15) is 11.5 Å². The summed E-state index contributed by atoms with van der Waals surface area (Å²) in [6.07, 6.45) is 9.05. The first-order valence-electron chi connectivity index (χ1n) is 12.8. The Bertz CT molecular complexity index is 1070. The molecule has 1 amide bonds. The van der Waals surface area contributed by atoms with E-state index in [1.807, 2.05) is 0 Å². The second kappa shape index (κ2) is 12.5. The van der Waals surface area contributed by atoms with Gasteiger partial charge in [-0.05, 0) is 69.1 Å². The number of hydrogen-bond acceptors (Lipinski definition) is 7. The number of nitrogens with zero attached hydrogens (tertiary/aromatic N) is 2. The number of aromatic nitrogens is 2. The number of amides is 1. The number of Topliss-reactive ketones (excluding diaryl/α,β-unsaturated/α-hetero) is 1. The molecule has 2 atom stereocenters. The van der Waals surface area contributed by atoms with E-state index < -0.39 is 0 Å². The van der Waals surface area contributed by atoms with Crippen LogP contribution < -0.4 is 15.4 Å². The number of carbonyl (C=O) groups is 2. The number of benzene rings is 1. The maximum atomic E-state index is 12.7. The molecule has 2 aromatic rings. The van der Waals surface area contributed by atoms with E-state index in [2.05, 4.69) is 15.6 Å². The van der Waals surface area contributed by atoms with Crippen molar-refractivity contribution in [3.05, 3.63) is 40.7 Å². The van der Waals surface area contributed by atoms with Crippen molar-refractivity contribution in [3.63, 3.8) is 0 Å². The third-order valence-electron chi connectivity index (χ3n) is 7.16. The number of hydrogen-bond donors (Lipinski definition) is 2. The number of ketones is 1. The van der Waals surface area contributed by atoms with Gasteiger partial charge in [0.2, 0.25) is 5.95 Å². The number of halogens is 1. The van der Waals surface area contributed by atoms with Crippen molar-refractivity contribution in [1.82, 2.24) is 15.3 Å². The van der Waals surface area contributed by atoms with Crippen molar-refractivity contribution < 1.29 is 19.1 Å². The molecule has 0 radical (unpaired) electrons. The highest BCUT2D eigenvalue weighted by Crippen LogP contribution is 2.36. The Labute approximate surface area is 217 Å². The molecule has 1 aromatic carbocycles. The Hall–Kier alpha value is -2.71. The SMILES string of the molecule is COc1cc(C(=O)NC2CCOCC2)ccc1Nc1ncc(Cl)c(C[C@@H]2CCCC[C@H]2CC(C)=O)n1. The van der Waals surface area contributed by atoms with Crippen LogP contribution in [0.25, 0.3) is 0 Å². The van der Waals surface area contributed by atoms with E-state index in [-0.39, 0.29) is 17.7 Å². The molecule has 1 aliphatic heterocycles. The second-order valence-corrected chi connectivity index (χ2v) is 10.2. The zero-order chi connectivity index (χ0) is 25.5. The first-order chi connectivity index (χ1) is 17.4. The summed E-state index contributed by atoms with van der Waals surface area (Å²) in [5.74, 6) is 1.78. The number of carbonyl (C=O) groups excluding carboxylic acids is 2. The van der Waals surface area contributed by atoms with Crippen LogP contribution in [0.3, 0.4) is 0 Å². The molecule has 194 valence electrons. The Balaban J connectivity index is 1.46. The molecule has 0 unspecified atom stereocenters. The zero-order valence-electron chi connectivity index (χ0n) is 21.0. The van der Waals surface area contributed by atoms with Gasteiger partial charge in [-0.15, -0.1) is 0 Å². The normalized spacial score (nSPS) is 20.5. The summed E-state index contributed by atoms with van der Waals surface area (Å²) in [5.41, 5.74) is 1.96. The van der Waals surface area contributed by atoms with Crippen molar-refractivity contribution in [1.29, 1.82) is 0 Å². The van der Waals surface area contributed by atoms with E-state index in [1.165, 1.54) is 12.8 Å². The summed E-state index contributed by atoms with van der Waals surface area (Å²) < 4.78 is 10.9. The van der Waals surface area contributed by atoms with E-state index in [4.69, 9.17) is 26.1 Å². The minimum Gasteiger partial charge on any atom is -0.495 e. The van der Waals surface area contributed by atoms with Gasteiger partial charge < -0.3 is 24.9 Å². The summed E-state index contributed by atoms with van der Waals surface area (Å²) in [6, 6.07) is 5.38. The standard InChI is InChI=1S/C27H35ClN4O4/c1-17(33)13-18-5-3-4-6-19(18)14-24-22(28)16-29-27(32-24)31-23-8-7-20(15-25(23)35-2)26(34)30-21-9-11-36-12-10-21/h7-8,15-16,18-19,21H,3-6,9-14H2,1-2H3,(H,30,34)(H,29,31,32)/t18-,19-/m0/s1. The average Bonchev–Trinajstić information content (AvgIpc) is 2.87. The number of rotatable bonds is 9. The molecule has 8 nitrogen and oxygen atoms in total. The van der Waals surface area contributed by atoms with Crippen molar-refractivity contribution >= 4 is 34.9 Å². The molecule has 1 aromatic heterocycles. The largest absolute Gasteiger partial charge is 0.495 e. The molecule has 1 aliphatic carbocycles. The lowest BCUT2D eigenvalue weighted by molar-refractivity contribution is -0.118. The Morgan fingerprint density at radius 3 is 2.61 bits per heavy atom. The van der Waals surface area contributed by atoms with Gasteiger partial charge in [-0.1, -0.05) is 24.4 Å². The van der Waals surface area contributed by atoms with Gasteiger partial charge in [0, 0.05) is 31.2 Å². The molecule has 4 rings (SSSR count). The van der Waals surface area contributed by atoms with E-state index in [9.17, 15) is 9.59 Å². The van der Waals surface area contributed by atoms with Crippen LogP contribution in [0.4, 0.5) is 11.6 Å². The molecule has 1 saturated heterocycles. The smallest absolute Gasteiger partial charge is 0.251 e. The molecule has 36 heavy (non-hydrogen) atoms. The fourth-order valence-electron chi connectivity index (χ4n) is 5.21. The maximum Gasteiger partial charge on any atom is 0.251 e. The van der Waals surface area contributed by atoms with Crippen LogP contribution in [-0.4, -0.2) is 48.0 Å². The van der Waals surface area contributed by atoms with Crippen LogP contribution in [0, 0.1) is 11.8 Å². The molecule has 2 aliphatic rings. The van der Waals surface area contributed by atoms with Crippen molar-refractivity contribution in [3.8, 4) is 5.75 Å². The van der Waals surface area contributed by atoms with Gasteiger partial charge in [-0.3, -0.25) is 4.79 Å². The van der Waals surface area contributed by atoms with Gasteiger partial charge in [0.15, 0.2) is 0 Å². The molecule has 0 bridgehead atoms. The Morgan fingerprint density at radius 1 is 1.14 bits per heavy atom. The minimum absolute atomic E-state index is 0.121. The molecular weight excluding hydrogens is 480 g/mol.